The number of rotatable bonds is 5. The lowest BCUT2D eigenvalue weighted by Crippen LogP contribution is -2.35. The van der Waals surface area contributed by atoms with Crippen molar-refractivity contribution >= 4 is 5.91 Å². The minimum absolute atomic E-state index is 0.0785. The predicted octanol–water partition coefficient (Wildman–Crippen LogP) is 0.828. The van der Waals surface area contributed by atoms with Gasteiger partial charge in [0.05, 0.1) is 13.2 Å². The van der Waals surface area contributed by atoms with E-state index in [9.17, 15) is 4.79 Å². The lowest BCUT2D eigenvalue weighted by molar-refractivity contribution is -0.136. The summed E-state index contributed by atoms with van der Waals surface area (Å²) in [6.07, 6.45) is 6.14. The number of nitrogens with zero attached hydrogens (tertiary/aromatic N) is 1. The van der Waals surface area contributed by atoms with Crippen LogP contribution in [-0.4, -0.2) is 50.8 Å². The fourth-order valence-electron chi connectivity index (χ4n) is 1.45. The van der Waals surface area contributed by atoms with E-state index in [0.29, 0.717) is 13.2 Å². The van der Waals surface area contributed by atoms with Gasteiger partial charge in [-0.15, -0.1) is 0 Å². The summed E-state index contributed by atoms with van der Waals surface area (Å²) in [4.78, 5) is 13.5. The summed E-state index contributed by atoms with van der Waals surface area (Å²) >= 11 is 0. The van der Waals surface area contributed by atoms with Crippen molar-refractivity contribution in [3.63, 3.8) is 0 Å². The van der Waals surface area contributed by atoms with Gasteiger partial charge in [0.2, 0.25) is 5.91 Å². The van der Waals surface area contributed by atoms with Crippen LogP contribution in [0.5, 0.6) is 0 Å². The maximum atomic E-state index is 11.6. The number of carbonyl (C=O) groups is 1. The van der Waals surface area contributed by atoms with E-state index in [2.05, 4.69) is 12.2 Å². The Kier molecular flexibility index (Phi) is 6.04. The van der Waals surface area contributed by atoms with E-state index >= 15 is 0 Å². The number of ether oxygens (including phenoxy) is 2. The Morgan fingerprint density at radius 2 is 1.93 bits per heavy atom. The van der Waals surface area contributed by atoms with Gasteiger partial charge >= 0.3 is 0 Å². The number of hydrogen-bond acceptors (Lipinski definition) is 3. The normalized spacial score (nSPS) is 16.5. The standard InChI is InChI=1S/C11H19NO3/c1-14-8-9-15-10-11(13)12-6-4-2-3-5-7-12/h2-3H,4-10H2,1H3. The van der Waals surface area contributed by atoms with Crippen LogP contribution < -0.4 is 0 Å². The first-order chi connectivity index (χ1) is 7.34. The Hall–Kier alpha value is -0.870. The van der Waals surface area contributed by atoms with Crippen LogP contribution in [-0.2, 0) is 14.3 Å². The van der Waals surface area contributed by atoms with Gasteiger partial charge in [0.15, 0.2) is 0 Å². The van der Waals surface area contributed by atoms with E-state index in [1.807, 2.05) is 4.90 Å². The Morgan fingerprint density at radius 3 is 2.53 bits per heavy atom. The second-order valence-corrected chi connectivity index (χ2v) is 3.47. The van der Waals surface area contributed by atoms with Crippen molar-refractivity contribution in [1.29, 1.82) is 0 Å². The highest BCUT2D eigenvalue weighted by Gasteiger charge is 2.13. The average molecular weight is 213 g/mol. The average Bonchev–Trinajstić information content (AvgIpc) is 2.52. The van der Waals surface area contributed by atoms with Crippen LogP contribution in [0.4, 0.5) is 0 Å². The highest BCUT2D eigenvalue weighted by molar-refractivity contribution is 5.77. The quantitative estimate of drug-likeness (QED) is 0.501. The molecule has 1 rings (SSSR count). The van der Waals surface area contributed by atoms with Crippen LogP contribution in [0.1, 0.15) is 12.8 Å². The first-order valence-electron chi connectivity index (χ1n) is 5.34. The van der Waals surface area contributed by atoms with Gasteiger partial charge in [-0.1, -0.05) is 12.2 Å². The van der Waals surface area contributed by atoms with Gasteiger partial charge in [0.1, 0.15) is 6.61 Å². The molecule has 0 bridgehead atoms. The number of methoxy groups -OCH3 is 1. The molecule has 0 spiro atoms. The molecule has 0 radical (unpaired) electrons. The van der Waals surface area contributed by atoms with Gasteiger partial charge < -0.3 is 14.4 Å². The van der Waals surface area contributed by atoms with Gasteiger partial charge in [-0.25, -0.2) is 0 Å². The van der Waals surface area contributed by atoms with Crippen LogP contribution in [0.15, 0.2) is 12.2 Å². The van der Waals surface area contributed by atoms with Crippen molar-refractivity contribution in [3.8, 4) is 0 Å². The first-order valence-corrected chi connectivity index (χ1v) is 5.34. The minimum atomic E-state index is 0.0785. The van der Waals surface area contributed by atoms with Crippen LogP contribution in [0.3, 0.4) is 0 Å². The minimum Gasteiger partial charge on any atom is -0.382 e. The molecule has 0 aromatic heterocycles. The molecule has 4 heteroatoms. The van der Waals surface area contributed by atoms with E-state index in [1.54, 1.807) is 7.11 Å². The fraction of sp³-hybridized carbons (Fsp3) is 0.727. The third-order valence-corrected chi connectivity index (χ3v) is 2.31. The molecule has 0 unspecified atom stereocenters. The maximum absolute atomic E-state index is 11.6. The third-order valence-electron chi connectivity index (χ3n) is 2.31. The summed E-state index contributed by atoms with van der Waals surface area (Å²) in [6.45, 7) is 2.80. The Morgan fingerprint density at radius 1 is 1.27 bits per heavy atom. The van der Waals surface area contributed by atoms with Crippen molar-refractivity contribution in [2.45, 2.75) is 12.8 Å². The summed E-state index contributed by atoms with van der Waals surface area (Å²) in [6, 6.07) is 0. The van der Waals surface area contributed by atoms with Gasteiger partial charge in [0.25, 0.3) is 0 Å². The monoisotopic (exact) mass is 213 g/mol. The van der Waals surface area contributed by atoms with E-state index in [-0.39, 0.29) is 12.5 Å². The van der Waals surface area contributed by atoms with Crippen LogP contribution >= 0.6 is 0 Å². The smallest absolute Gasteiger partial charge is 0.248 e. The molecule has 86 valence electrons. The fourth-order valence-corrected chi connectivity index (χ4v) is 1.45. The van der Waals surface area contributed by atoms with Gasteiger partial charge in [-0.2, -0.15) is 0 Å². The Balaban J connectivity index is 2.15. The maximum Gasteiger partial charge on any atom is 0.248 e. The summed E-state index contributed by atoms with van der Waals surface area (Å²) in [5.74, 6) is 0.0785. The molecule has 0 saturated carbocycles. The number of carbonyl (C=O) groups excluding carboxylic acids is 1. The van der Waals surface area contributed by atoms with Crippen molar-refractivity contribution in [3.05, 3.63) is 12.2 Å². The van der Waals surface area contributed by atoms with Gasteiger partial charge in [-0.3, -0.25) is 4.79 Å². The molecule has 0 atom stereocenters. The van der Waals surface area contributed by atoms with Crippen molar-refractivity contribution in [2.24, 2.45) is 0 Å². The van der Waals surface area contributed by atoms with Crippen molar-refractivity contribution in [1.82, 2.24) is 4.90 Å². The highest BCUT2D eigenvalue weighted by Crippen LogP contribution is 2.03. The summed E-state index contributed by atoms with van der Waals surface area (Å²) in [5.41, 5.74) is 0. The molecule has 1 heterocycles. The molecule has 0 aromatic rings. The summed E-state index contributed by atoms with van der Waals surface area (Å²) in [7, 11) is 1.62. The van der Waals surface area contributed by atoms with Gasteiger partial charge in [0, 0.05) is 20.2 Å². The molecule has 0 aromatic carbocycles. The first kappa shape index (κ1) is 12.2. The third kappa shape index (κ3) is 4.95. The van der Waals surface area contributed by atoms with E-state index in [1.165, 1.54) is 0 Å². The molecule has 0 aliphatic carbocycles. The topological polar surface area (TPSA) is 38.8 Å². The number of hydrogen-bond donors (Lipinski definition) is 0. The highest BCUT2D eigenvalue weighted by atomic mass is 16.5. The molecule has 15 heavy (non-hydrogen) atoms. The zero-order chi connectivity index (χ0) is 10.9. The number of amides is 1. The zero-order valence-electron chi connectivity index (χ0n) is 9.28. The lowest BCUT2D eigenvalue weighted by Gasteiger charge is -2.20. The van der Waals surface area contributed by atoms with Crippen LogP contribution in [0.25, 0.3) is 0 Å². The largest absolute Gasteiger partial charge is 0.382 e. The van der Waals surface area contributed by atoms with E-state index in [4.69, 9.17) is 9.47 Å². The van der Waals surface area contributed by atoms with E-state index < -0.39 is 0 Å². The van der Waals surface area contributed by atoms with Gasteiger partial charge in [-0.05, 0) is 12.8 Å². The SMILES string of the molecule is COCCOCC(=O)N1CCC=CCC1. The Bertz CT molecular complexity index is 206. The van der Waals surface area contributed by atoms with Crippen LogP contribution in [0.2, 0.25) is 0 Å². The lowest BCUT2D eigenvalue weighted by atomic mass is 10.4. The molecule has 0 fully saturated rings. The predicted molar refractivity (Wildman–Crippen MR) is 57.6 cm³/mol. The molecule has 4 nitrogen and oxygen atoms in total. The second-order valence-electron chi connectivity index (χ2n) is 3.47. The summed E-state index contributed by atoms with van der Waals surface area (Å²) in [5, 5.41) is 0. The second kappa shape index (κ2) is 7.43. The Labute approximate surface area is 90.8 Å². The molecule has 0 saturated heterocycles. The zero-order valence-corrected chi connectivity index (χ0v) is 9.28. The molecular formula is C11H19NO3. The molecular weight excluding hydrogens is 194 g/mol. The molecule has 1 aliphatic rings. The molecule has 1 aliphatic heterocycles. The van der Waals surface area contributed by atoms with Crippen molar-refractivity contribution < 1.29 is 14.3 Å². The van der Waals surface area contributed by atoms with Crippen molar-refractivity contribution in [2.75, 3.05) is 40.0 Å². The summed E-state index contributed by atoms with van der Waals surface area (Å²) < 4.78 is 10.0. The molecule has 1 amide bonds. The van der Waals surface area contributed by atoms with E-state index in [0.717, 1.165) is 25.9 Å². The molecule has 0 N–H and O–H groups in total. The van der Waals surface area contributed by atoms with Crippen LogP contribution in [0, 0.1) is 0 Å².